The first-order valence-corrected chi connectivity index (χ1v) is 11.1. The third-order valence-electron chi connectivity index (χ3n) is 5.00. The first kappa shape index (κ1) is 22.0. The number of hydrazone groups is 1. The predicted octanol–water partition coefficient (Wildman–Crippen LogP) is 3.21. The van der Waals surface area contributed by atoms with Crippen molar-refractivity contribution in [3.05, 3.63) is 47.0 Å². The standard InChI is InChI=1S/C20H24ClN3O5S/c1-27-15-11-16(14-7-9-24(10-8-14)13-23-22)20(28-2)18(12-15)29-30(25,26)19-6-4-3-5-17(19)21/h3-6,11-14H,7-10,22H2,1-2H3. The molecular formula is C20H24ClN3O5S. The van der Waals surface area contributed by atoms with E-state index in [2.05, 4.69) is 5.10 Å². The summed E-state index contributed by atoms with van der Waals surface area (Å²) >= 11 is 6.06. The fourth-order valence-electron chi connectivity index (χ4n) is 3.53. The van der Waals surface area contributed by atoms with Gasteiger partial charge in [0, 0.05) is 24.7 Å². The summed E-state index contributed by atoms with van der Waals surface area (Å²) in [6, 6.07) is 9.45. The Morgan fingerprint density at radius 3 is 2.47 bits per heavy atom. The average Bonchev–Trinajstić information content (AvgIpc) is 2.74. The molecule has 2 N–H and O–H groups in total. The summed E-state index contributed by atoms with van der Waals surface area (Å²) < 4.78 is 42.1. The molecule has 3 rings (SSSR count). The van der Waals surface area contributed by atoms with Crippen LogP contribution in [0.15, 0.2) is 46.4 Å². The van der Waals surface area contributed by atoms with E-state index in [1.54, 1.807) is 18.5 Å². The molecule has 8 nitrogen and oxygen atoms in total. The van der Waals surface area contributed by atoms with Crippen molar-refractivity contribution in [1.29, 1.82) is 0 Å². The Hall–Kier alpha value is -2.65. The number of halogens is 1. The number of nitrogens with zero attached hydrogens (tertiary/aromatic N) is 2. The second-order valence-electron chi connectivity index (χ2n) is 6.79. The van der Waals surface area contributed by atoms with Crippen LogP contribution in [0.5, 0.6) is 17.2 Å². The molecule has 1 aliphatic rings. The maximum atomic E-state index is 12.9. The van der Waals surface area contributed by atoms with Crippen LogP contribution in [-0.4, -0.2) is 47.0 Å². The Labute approximate surface area is 181 Å². The molecule has 162 valence electrons. The third kappa shape index (κ3) is 4.73. The second kappa shape index (κ2) is 9.44. The zero-order chi connectivity index (χ0) is 21.7. The molecule has 0 spiro atoms. The van der Waals surface area contributed by atoms with Gasteiger partial charge in [0.1, 0.15) is 17.0 Å². The molecular weight excluding hydrogens is 430 g/mol. The Morgan fingerprint density at radius 1 is 1.17 bits per heavy atom. The van der Waals surface area contributed by atoms with Gasteiger partial charge in [0.05, 0.1) is 19.2 Å². The molecule has 0 atom stereocenters. The number of piperidine rings is 1. The summed E-state index contributed by atoms with van der Waals surface area (Å²) in [6.45, 7) is 1.53. The monoisotopic (exact) mass is 453 g/mol. The van der Waals surface area contributed by atoms with Crippen LogP contribution in [0.4, 0.5) is 0 Å². The van der Waals surface area contributed by atoms with E-state index < -0.39 is 10.1 Å². The van der Waals surface area contributed by atoms with Gasteiger partial charge in [-0.2, -0.15) is 13.5 Å². The summed E-state index contributed by atoms with van der Waals surface area (Å²) in [6.07, 6.45) is 3.24. The lowest BCUT2D eigenvalue weighted by atomic mass is 9.88. The highest BCUT2D eigenvalue weighted by molar-refractivity contribution is 7.87. The number of hydrogen-bond donors (Lipinski definition) is 1. The van der Waals surface area contributed by atoms with Crippen LogP contribution in [0, 0.1) is 0 Å². The van der Waals surface area contributed by atoms with Crippen molar-refractivity contribution in [1.82, 2.24) is 4.90 Å². The van der Waals surface area contributed by atoms with Crippen molar-refractivity contribution < 1.29 is 22.1 Å². The number of benzene rings is 2. The van der Waals surface area contributed by atoms with Crippen molar-refractivity contribution in [2.24, 2.45) is 10.9 Å². The SMILES string of the molecule is COc1cc(OS(=O)(=O)c2ccccc2Cl)c(OC)c(C2CCN(C=NN)CC2)c1. The van der Waals surface area contributed by atoms with Gasteiger partial charge in [-0.15, -0.1) is 0 Å². The van der Waals surface area contributed by atoms with E-state index in [1.165, 1.54) is 32.4 Å². The summed E-state index contributed by atoms with van der Waals surface area (Å²) in [4.78, 5) is 1.91. The van der Waals surface area contributed by atoms with Crippen LogP contribution in [0.1, 0.15) is 24.3 Å². The normalized spacial score (nSPS) is 15.4. The molecule has 0 aromatic heterocycles. The van der Waals surface area contributed by atoms with Crippen molar-refractivity contribution in [3.8, 4) is 17.2 Å². The van der Waals surface area contributed by atoms with E-state index in [-0.39, 0.29) is 21.6 Å². The Balaban J connectivity index is 1.97. The highest BCUT2D eigenvalue weighted by atomic mass is 35.5. The van der Waals surface area contributed by atoms with Gasteiger partial charge in [0.15, 0.2) is 11.5 Å². The molecule has 10 heteroatoms. The zero-order valence-corrected chi connectivity index (χ0v) is 18.3. The van der Waals surface area contributed by atoms with E-state index in [0.717, 1.165) is 31.5 Å². The number of ether oxygens (including phenoxy) is 2. The first-order chi connectivity index (χ1) is 14.4. The van der Waals surface area contributed by atoms with Crippen LogP contribution < -0.4 is 19.5 Å². The summed E-state index contributed by atoms with van der Waals surface area (Å²) in [5.41, 5.74) is 0.825. The molecule has 1 heterocycles. The van der Waals surface area contributed by atoms with Gasteiger partial charge >= 0.3 is 10.1 Å². The lowest BCUT2D eigenvalue weighted by Gasteiger charge is -2.31. The third-order valence-corrected chi connectivity index (χ3v) is 6.74. The van der Waals surface area contributed by atoms with Crippen LogP contribution in [-0.2, 0) is 10.1 Å². The van der Waals surface area contributed by atoms with E-state index in [1.807, 2.05) is 11.0 Å². The molecule has 0 amide bonds. The van der Waals surface area contributed by atoms with Gasteiger partial charge in [-0.1, -0.05) is 23.7 Å². The second-order valence-corrected chi connectivity index (χ2v) is 8.71. The molecule has 1 saturated heterocycles. The van der Waals surface area contributed by atoms with Crippen LogP contribution >= 0.6 is 11.6 Å². The van der Waals surface area contributed by atoms with Gasteiger partial charge in [-0.25, -0.2) is 0 Å². The minimum absolute atomic E-state index is 0.0534. The first-order valence-electron chi connectivity index (χ1n) is 9.32. The van der Waals surface area contributed by atoms with Gasteiger partial charge in [-0.3, -0.25) is 0 Å². The molecule has 0 aliphatic carbocycles. The molecule has 0 bridgehead atoms. The molecule has 2 aromatic rings. The Morgan fingerprint density at radius 2 is 1.87 bits per heavy atom. The quantitative estimate of drug-likeness (QED) is 0.226. The Bertz CT molecular complexity index is 1020. The van der Waals surface area contributed by atoms with Crippen molar-refractivity contribution in [2.45, 2.75) is 23.7 Å². The number of likely N-dealkylation sites (tertiary alicyclic amines) is 1. The highest BCUT2D eigenvalue weighted by Gasteiger charge is 2.28. The largest absolute Gasteiger partial charge is 0.497 e. The number of rotatable bonds is 7. The summed E-state index contributed by atoms with van der Waals surface area (Å²) in [7, 11) is -1.18. The number of nitrogens with two attached hydrogens (primary N) is 1. The molecule has 30 heavy (non-hydrogen) atoms. The summed E-state index contributed by atoms with van der Waals surface area (Å²) in [5.74, 6) is 6.25. The Kier molecular flexibility index (Phi) is 6.94. The molecule has 0 unspecified atom stereocenters. The fraction of sp³-hybridized carbons (Fsp3) is 0.350. The summed E-state index contributed by atoms with van der Waals surface area (Å²) in [5, 5.41) is 3.64. The molecule has 0 radical (unpaired) electrons. The fourth-order valence-corrected chi connectivity index (χ4v) is 4.95. The minimum atomic E-state index is -4.17. The van der Waals surface area contributed by atoms with Crippen molar-refractivity contribution >= 4 is 28.1 Å². The van der Waals surface area contributed by atoms with E-state index in [4.69, 9.17) is 31.1 Å². The number of hydrogen-bond acceptors (Lipinski definition) is 7. The van der Waals surface area contributed by atoms with Gasteiger partial charge < -0.3 is 24.4 Å². The zero-order valence-electron chi connectivity index (χ0n) is 16.7. The van der Waals surface area contributed by atoms with Crippen LogP contribution in [0.3, 0.4) is 0 Å². The lowest BCUT2D eigenvalue weighted by Crippen LogP contribution is -2.32. The topological polar surface area (TPSA) is 103 Å². The smallest absolute Gasteiger partial charge is 0.340 e. The molecule has 1 fully saturated rings. The average molecular weight is 454 g/mol. The van der Waals surface area contributed by atoms with E-state index >= 15 is 0 Å². The van der Waals surface area contributed by atoms with Crippen molar-refractivity contribution in [2.75, 3.05) is 27.3 Å². The van der Waals surface area contributed by atoms with E-state index in [0.29, 0.717) is 11.5 Å². The van der Waals surface area contributed by atoms with Crippen LogP contribution in [0.2, 0.25) is 5.02 Å². The minimum Gasteiger partial charge on any atom is -0.497 e. The predicted molar refractivity (Wildman–Crippen MR) is 115 cm³/mol. The van der Waals surface area contributed by atoms with E-state index in [9.17, 15) is 8.42 Å². The molecule has 0 saturated carbocycles. The molecule has 2 aromatic carbocycles. The molecule has 1 aliphatic heterocycles. The maximum Gasteiger partial charge on any atom is 0.340 e. The number of methoxy groups -OCH3 is 2. The van der Waals surface area contributed by atoms with Crippen molar-refractivity contribution in [3.63, 3.8) is 0 Å². The van der Waals surface area contributed by atoms with Crippen LogP contribution in [0.25, 0.3) is 0 Å². The highest BCUT2D eigenvalue weighted by Crippen LogP contribution is 2.44. The lowest BCUT2D eigenvalue weighted by molar-refractivity contribution is 0.309. The van der Waals surface area contributed by atoms with Gasteiger partial charge in [0.2, 0.25) is 0 Å². The van der Waals surface area contributed by atoms with Gasteiger partial charge in [-0.05, 0) is 37.0 Å². The van der Waals surface area contributed by atoms with Gasteiger partial charge in [0.25, 0.3) is 0 Å². The maximum absolute atomic E-state index is 12.9.